The summed E-state index contributed by atoms with van der Waals surface area (Å²) in [5.74, 6) is 1.66. The standard InChI is InChI=1S/C28H45ClNO3Si/c1-8-26(28-16-10-24(21-29)11-17-28)20-23(2)27-14-12-25(13-15-27)22-30(3,4)18-9-19-34(31-5,32-6)33-7/h10-17,23,26H,8-9,18-22H2,1-7H3/q+1. The molecule has 0 aliphatic rings. The molecule has 0 saturated heterocycles. The number of nitrogens with zero attached hydrogens (tertiary/aromatic N) is 1. The summed E-state index contributed by atoms with van der Waals surface area (Å²) in [6, 6.07) is 18.9. The zero-order valence-electron chi connectivity index (χ0n) is 22.3. The van der Waals surface area contributed by atoms with Crippen molar-refractivity contribution in [2.45, 2.75) is 63.4 Å². The van der Waals surface area contributed by atoms with Gasteiger partial charge in [0, 0.05) is 45.2 Å². The second-order valence-corrected chi connectivity index (χ2v) is 13.4. The third kappa shape index (κ3) is 8.47. The summed E-state index contributed by atoms with van der Waals surface area (Å²) in [6.45, 7) is 6.68. The van der Waals surface area contributed by atoms with Crippen molar-refractivity contribution in [1.29, 1.82) is 0 Å². The van der Waals surface area contributed by atoms with Crippen LogP contribution >= 0.6 is 11.6 Å². The topological polar surface area (TPSA) is 27.7 Å². The molecule has 0 aliphatic heterocycles. The minimum atomic E-state index is -2.49. The molecule has 0 spiro atoms. The number of quaternary nitrogens is 1. The molecule has 0 aliphatic carbocycles. The highest BCUT2D eigenvalue weighted by Gasteiger charge is 2.37. The van der Waals surface area contributed by atoms with Crippen molar-refractivity contribution in [2.24, 2.45) is 0 Å². The lowest BCUT2D eigenvalue weighted by Crippen LogP contribution is -2.45. The Kier molecular flexibility index (Phi) is 11.7. The first-order valence-electron chi connectivity index (χ1n) is 12.4. The van der Waals surface area contributed by atoms with E-state index in [-0.39, 0.29) is 0 Å². The molecule has 2 rings (SSSR count). The van der Waals surface area contributed by atoms with Crippen LogP contribution in [0.5, 0.6) is 0 Å². The molecule has 2 atom stereocenters. The molecule has 190 valence electrons. The second-order valence-electron chi connectivity index (χ2n) is 10.1. The Morgan fingerprint density at radius 3 is 1.88 bits per heavy atom. The molecule has 2 aromatic carbocycles. The average Bonchev–Trinajstić information content (AvgIpc) is 2.85. The van der Waals surface area contributed by atoms with Gasteiger partial charge in [0.05, 0.1) is 20.6 Å². The van der Waals surface area contributed by atoms with Gasteiger partial charge in [-0.3, -0.25) is 0 Å². The third-order valence-electron chi connectivity index (χ3n) is 7.08. The quantitative estimate of drug-likeness (QED) is 0.148. The maximum Gasteiger partial charge on any atom is 0.500 e. The predicted molar refractivity (Wildman–Crippen MR) is 145 cm³/mol. The fourth-order valence-electron chi connectivity index (χ4n) is 4.78. The van der Waals surface area contributed by atoms with Gasteiger partial charge >= 0.3 is 8.80 Å². The van der Waals surface area contributed by atoms with Crippen LogP contribution in [0.1, 0.15) is 67.2 Å². The first-order chi connectivity index (χ1) is 16.2. The van der Waals surface area contributed by atoms with Crippen LogP contribution in [-0.4, -0.2) is 55.3 Å². The van der Waals surface area contributed by atoms with Crippen LogP contribution in [0, 0.1) is 0 Å². The maximum absolute atomic E-state index is 5.96. The van der Waals surface area contributed by atoms with Gasteiger partial charge in [-0.2, -0.15) is 0 Å². The first-order valence-corrected chi connectivity index (χ1v) is 14.9. The molecule has 0 saturated carbocycles. The number of benzene rings is 2. The van der Waals surface area contributed by atoms with Gasteiger partial charge in [0.2, 0.25) is 0 Å². The van der Waals surface area contributed by atoms with Gasteiger partial charge in [0.1, 0.15) is 6.54 Å². The molecule has 0 amide bonds. The molecule has 0 radical (unpaired) electrons. The summed E-state index contributed by atoms with van der Waals surface area (Å²) in [6.07, 6.45) is 3.31. The van der Waals surface area contributed by atoms with Gasteiger partial charge in [-0.15, -0.1) is 11.6 Å². The number of halogens is 1. The highest BCUT2D eigenvalue weighted by molar-refractivity contribution is 6.60. The molecular formula is C28H45ClNO3Si+. The van der Waals surface area contributed by atoms with Gasteiger partial charge in [0.15, 0.2) is 0 Å². The van der Waals surface area contributed by atoms with Gasteiger partial charge < -0.3 is 17.8 Å². The van der Waals surface area contributed by atoms with Crippen molar-refractivity contribution in [1.82, 2.24) is 0 Å². The highest BCUT2D eigenvalue weighted by atomic mass is 35.5. The van der Waals surface area contributed by atoms with Crippen LogP contribution < -0.4 is 0 Å². The molecule has 0 fully saturated rings. The third-order valence-corrected chi connectivity index (χ3v) is 10.2. The zero-order valence-corrected chi connectivity index (χ0v) is 24.0. The van der Waals surface area contributed by atoms with Crippen molar-refractivity contribution < 1.29 is 17.8 Å². The first kappa shape index (κ1) is 29.0. The largest absolute Gasteiger partial charge is 0.500 e. The van der Waals surface area contributed by atoms with Crippen LogP contribution in [0.3, 0.4) is 0 Å². The molecular weight excluding hydrogens is 462 g/mol. The van der Waals surface area contributed by atoms with E-state index in [1.54, 1.807) is 21.3 Å². The number of hydrogen-bond donors (Lipinski definition) is 0. The summed E-state index contributed by atoms with van der Waals surface area (Å²) in [5.41, 5.74) is 5.39. The van der Waals surface area contributed by atoms with E-state index >= 15 is 0 Å². The van der Waals surface area contributed by atoms with Gasteiger partial charge in [-0.05, 0) is 41.4 Å². The smallest absolute Gasteiger partial charge is 0.377 e. The molecule has 0 aromatic heterocycles. The van der Waals surface area contributed by atoms with Crippen molar-refractivity contribution in [3.05, 3.63) is 70.8 Å². The van der Waals surface area contributed by atoms with E-state index in [0.717, 1.165) is 42.9 Å². The van der Waals surface area contributed by atoms with Crippen LogP contribution in [0.4, 0.5) is 0 Å². The van der Waals surface area contributed by atoms with E-state index in [1.807, 2.05) is 0 Å². The number of alkyl halides is 1. The Hall–Kier alpha value is -1.21. The van der Waals surface area contributed by atoms with E-state index < -0.39 is 8.80 Å². The molecule has 0 N–H and O–H groups in total. The summed E-state index contributed by atoms with van der Waals surface area (Å²) < 4.78 is 17.6. The van der Waals surface area contributed by atoms with Crippen LogP contribution in [0.2, 0.25) is 6.04 Å². The van der Waals surface area contributed by atoms with E-state index in [1.165, 1.54) is 22.3 Å². The summed E-state index contributed by atoms with van der Waals surface area (Å²) in [4.78, 5) is 0. The number of rotatable bonds is 15. The average molecular weight is 507 g/mol. The monoisotopic (exact) mass is 506 g/mol. The summed E-state index contributed by atoms with van der Waals surface area (Å²) >= 11 is 5.96. The predicted octanol–water partition coefficient (Wildman–Crippen LogP) is 6.96. The SMILES string of the molecule is CCC(CC(C)c1ccc(C[N+](C)(C)CCC[Si](OC)(OC)OC)cc1)c1ccc(CCl)cc1. The van der Waals surface area contributed by atoms with Crippen molar-refractivity contribution in [2.75, 3.05) is 42.0 Å². The van der Waals surface area contributed by atoms with Crippen molar-refractivity contribution in [3.63, 3.8) is 0 Å². The summed E-state index contributed by atoms with van der Waals surface area (Å²) in [5, 5.41) is 0. The van der Waals surface area contributed by atoms with Crippen molar-refractivity contribution >= 4 is 20.4 Å². The Bertz CT molecular complexity index is 829. The second kappa shape index (κ2) is 13.8. The van der Waals surface area contributed by atoms with Crippen LogP contribution in [0.15, 0.2) is 48.5 Å². The van der Waals surface area contributed by atoms with Gasteiger partial charge in [-0.25, -0.2) is 0 Å². The molecule has 34 heavy (non-hydrogen) atoms. The molecule has 2 unspecified atom stereocenters. The Morgan fingerprint density at radius 1 is 0.853 bits per heavy atom. The van der Waals surface area contributed by atoms with E-state index in [0.29, 0.717) is 17.7 Å². The molecule has 2 aromatic rings. The molecule has 4 nitrogen and oxygen atoms in total. The highest BCUT2D eigenvalue weighted by Crippen LogP contribution is 2.32. The normalized spacial score (nSPS) is 14.2. The zero-order chi connectivity index (χ0) is 25.2. The van der Waals surface area contributed by atoms with Crippen LogP contribution in [-0.2, 0) is 25.7 Å². The maximum atomic E-state index is 5.96. The number of hydrogen-bond acceptors (Lipinski definition) is 3. The lowest BCUT2D eigenvalue weighted by molar-refractivity contribution is -0.903. The molecule has 6 heteroatoms. The Labute approximate surface area is 214 Å². The fourth-order valence-corrected chi connectivity index (χ4v) is 6.67. The van der Waals surface area contributed by atoms with Crippen LogP contribution in [0.25, 0.3) is 0 Å². The van der Waals surface area contributed by atoms with Crippen molar-refractivity contribution in [3.8, 4) is 0 Å². The van der Waals surface area contributed by atoms with Gasteiger partial charge in [-0.1, -0.05) is 62.4 Å². The Balaban J connectivity index is 1.93. The van der Waals surface area contributed by atoms with E-state index in [2.05, 4.69) is 76.5 Å². The Morgan fingerprint density at radius 2 is 1.38 bits per heavy atom. The summed E-state index contributed by atoms with van der Waals surface area (Å²) in [7, 11) is 7.13. The minimum absolute atomic E-state index is 0.518. The van der Waals surface area contributed by atoms with Gasteiger partial charge in [0.25, 0.3) is 0 Å². The van der Waals surface area contributed by atoms with E-state index in [4.69, 9.17) is 24.9 Å². The molecule has 0 bridgehead atoms. The minimum Gasteiger partial charge on any atom is -0.377 e. The van der Waals surface area contributed by atoms with E-state index in [9.17, 15) is 0 Å². The molecule has 0 heterocycles. The lowest BCUT2D eigenvalue weighted by Gasteiger charge is -2.31. The fraction of sp³-hybridized carbons (Fsp3) is 0.571. The lowest BCUT2D eigenvalue weighted by atomic mass is 9.84.